The van der Waals surface area contributed by atoms with Gasteiger partial charge in [0.15, 0.2) is 0 Å². The third kappa shape index (κ3) is 2.50. The molecule has 1 N–H and O–H groups in total. The van der Waals surface area contributed by atoms with Crippen LogP contribution in [0.2, 0.25) is 0 Å². The first-order valence-corrected chi connectivity index (χ1v) is 8.30. The summed E-state index contributed by atoms with van der Waals surface area (Å²) in [7, 11) is 0. The quantitative estimate of drug-likeness (QED) is 0.898. The number of aromatic nitrogens is 1. The summed E-state index contributed by atoms with van der Waals surface area (Å²) in [6.45, 7) is 2.99. The van der Waals surface area contributed by atoms with Crippen molar-refractivity contribution in [3.8, 4) is 6.07 Å². The standard InChI is InChI=1S/C17H20N4O2/c18-9-12-4-3-11(10-19-12)17(22)20-14-13-5-8-23-16(13)15(14)21-6-1-2-7-21/h3-4,10,13-16H,1-2,5-8H2,(H,20,22)/t13-,14+,15-,16-/m0/s1. The summed E-state index contributed by atoms with van der Waals surface area (Å²) in [5.74, 6) is 0.317. The van der Waals surface area contributed by atoms with Crippen LogP contribution < -0.4 is 5.32 Å². The summed E-state index contributed by atoms with van der Waals surface area (Å²) in [4.78, 5) is 18.9. The molecule has 1 aromatic heterocycles. The number of rotatable bonds is 3. The zero-order valence-electron chi connectivity index (χ0n) is 12.9. The maximum absolute atomic E-state index is 12.5. The molecule has 1 aliphatic carbocycles. The van der Waals surface area contributed by atoms with Gasteiger partial charge in [-0.3, -0.25) is 9.69 Å². The van der Waals surface area contributed by atoms with E-state index in [0.29, 0.717) is 23.2 Å². The normalized spacial score (nSPS) is 32.8. The number of pyridine rings is 1. The van der Waals surface area contributed by atoms with E-state index in [1.165, 1.54) is 19.0 Å². The molecule has 4 atom stereocenters. The van der Waals surface area contributed by atoms with Gasteiger partial charge >= 0.3 is 0 Å². The van der Waals surface area contributed by atoms with E-state index < -0.39 is 0 Å². The molecule has 0 spiro atoms. The van der Waals surface area contributed by atoms with E-state index in [0.717, 1.165) is 26.1 Å². The number of fused-ring (bicyclic) bond motifs is 1. The highest BCUT2D eigenvalue weighted by atomic mass is 16.5. The summed E-state index contributed by atoms with van der Waals surface area (Å²) >= 11 is 0. The number of nitriles is 1. The molecule has 1 saturated carbocycles. The van der Waals surface area contributed by atoms with Crippen molar-refractivity contribution in [1.82, 2.24) is 15.2 Å². The van der Waals surface area contributed by atoms with E-state index >= 15 is 0 Å². The number of likely N-dealkylation sites (tertiary alicyclic amines) is 1. The van der Waals surface area contributed by atoms with E-state index in [1.54, 1.807) is 12.1 Å². The molecule has 3 heterocycles. The molecule has 0 radical (unpaired) electrons. The lowest BCUT2D eigenvalue weighted by Gasteiger charge is -2.51. The van der Waals surface area contributed by atoms with Gasteiger partial charge in [0, 0.05) is 18.7 Å². The molecule has 1 aromatic rings. The molecule has 4 rings (SSSR count). The van der Waals surface area contributed by atoms with Gasteiger partial charge in [-0.25, -0.2) is 4.98 Å². The number of carbonyl (C=O) groups is 1. The van der Waals surface area contributed by atoms with Crippen LogP contribution >= 0.6 is 0 Å². The van der Waals surface area contributed by atoms with Crippen LogP contribution in [0.4, 0.5) is 0 Å². The first-order chi connectivity index (χ1) is 11.3. The predicted molar refractivity (Wildman–Crippen MR) is 82.6 cm³/mol. The minimum absolute atomic E-state index is 0.110. The summed E-state index contributed by atoms with van der Waals surface area (Å²) in [6.07, 6.45) is 5.23. The van der Waals surface area contributed by atoms with Gasteiger partial charge in [-0.1, -0.05) is 0 Å². The molecule has 0 bridgehead atoms. The Morgan fingerprint density at radius 2 is 2.22 bits per heavy atom. The van der Waals surface area contributed by atoms with Crippen molar-refractivity contribution in [1.29, 1.82) is 5.26 Å². The number of nitrogens with one attached hydrogen (secondary N) is 1. The number of amides is 1. The van der Waals surface area contributed by atoms with Gasteiger partial charge in [0.2, 0.25) is 0 Å². The van der Waals surface area contributed by atoms with Crippen LogP contribution in [0.15, 0.2) is 18.3 Å². The molecule has 3 aliphatic rings. The molecular weight excluding hydrogens is 292 g/mol. The highest BCUT2D eigenvalue weighted by Gasteiger charge is 2.56. The van der Waals surface area contributed by atoms with Gasteiger partial charge in [0.1, 0.15) is 11.8 Å². The summed E-state index contributed by atoms with van der Waals surface area (Å²) in [6, 6.07) is 5.66. The Morgan fingerprint density at radius 1 is 1.39 bits per heavy atom. The summed E-state index contributed by atoms with van der Waals surface area (Å²) in [5, 5.41) is 12.0. The fourth-order valence-corrected chi connectivity index (χ4v) is 4.17. The predicted octanol–water partition coefficient (Wildman–Crippen LogP) is 0.935. The SMILES string of the molecule is N#Cc1ccc(C(=O)N[C@@H]2[C@@H]3CCO[C@@H]3[C@H]2N2CCCC2)cn1. The Bertz CT molecular complexity index is 628. The van der Waals surface area contributed by atoms with Gasteiger partial charge in [-0.15, -0.1) is 0 Å². The highest BCUT2D eigenvalue weighted by Crippen LogP contribution is 2.42. The topological polar surface area (TPSA) is 78.2 Å². The Labute approximate surface area is 135 Å². The average molecular weight is 312 g/mol. The van der Waals surface area contributed by atoms with Crippen molar-refractivity contribution in [2.24, 2.45) is 5.92 Å². The zero-order chi connectivity index (χ0) is 15.8. The average Bonchev–Trinajstić information content (AvgIpc) is 3.23. The smallest absolute Gasteiger partial charge is 0.253 e. The molecule has 2 aliphatic heterocycles. The zero-order valence-corrected chi connectivity index (χ0v) is 12.9. The van der Waals surface area contributed by atoms with Crippen molar-refractivity contribution in [2.45, 2.75) is 37.5 Å². The van der Waals surface area contributed by atoms with E-state index in [9.17, 15) is 4.79 Å². The van der Waals surface area contributed by atoms with Crippen LogP contribution in [0.5, 0.6) is 0 Å². The number of carbonyl (C=O) groups excluding carboxylic acids is 1. The molecule has 2 saturated heterocycles. The van der Waals surface area contributed by atoms with Crippen LogP contribution in [-0.4, -0.2) is 53.7 Å². The molecule has 0 unspecified atom stereocenters. The third-order valence-electron chi connectivity index (χ3n) is 5.35. The Balaban J connectivity index is 1.47. The molecule has 120 valence electrons. The van der Waals surface area contributed by atoms with Gasteiger partial charge < -0.3 is 10.1 Å². The monoisotopic (exact) mass is 312 g/mol. The van der Waals surface area contributed by atoms with Crippen molar-refractivity contribution < 1.29 is 9.53 Å². The van der Waals surface area contributed by atoms with Crippen LogP contribution in [0.3, 0.4) is 0 Å². The number of nitrogens with zero attached hydrogens (tertiary/aromatic N) is 3. The maximum Gasteiger partial charge on any atom is 0.253 e. The van der Waals surface area contributed by atoms with Gasteiger partial charge in [-0.05, 0) is 44.5 Å². The lowest BCUT2D eigenvalue weighted by Crippen LogP contribution is -2.70. The molecular formula is C17H20N4O2. The Morgan fingerprint density at radius 3 is 2.91 bits per heavy atom. The van der Waals surface area contributed by atoms with Crippen molar-refractivity contribution in [2.75, 3.05) is 19.7 Å². The van der Waals surface area contributed by atoms with Crippen molar-refractivity contribution in [3.63, 3.8) is 0 Å². The minimum atomic E-state index is -0.110. The second kappa shape index (κ2) is 5.91. The number of hydrogen-bond donors (Lipinski definition) is 1. The molecule has 1 amide bonds. The fourth-order valence-electron chi connectivity index (χ4n) is 4.17. The first kappa shape index (κ1) is 14.6. The van der Waals surface area contributed by atoms with Gasteiger partial charge in [0.05, 0.1) is 23.8 Å². The van der Waals surface area contributed by atoms with Crippen LogP contribution in [0.1, 0.15) is 35.3 Å². The maximum atomic E-state index is 12.5. The highest BCUT2D eigenvalue weighted by molar-refractivity contribution is 5.94. The van der Waals surface area contributed by atoms with Crippen molar-refractivity contribution in [3.05, 3.63) is 29.6 Å². The van der Waals surface area contributed by atoms with E-state index in [2.05, 4.69) is 15.2 Å². The molecule has 3 fully saturated rings. The lowest BCUT2D eigenvalue weighted by atomic mass is 9.70. The molecule has 0 aromatic carbocycles. The molecule has 6 nitrogen and oxygen atoms in total. The lowest BCUT2D eigenvalue weighted by molar-refractivity contribution is -0.0747. The van der Waals surface area contributed by atoms with E-state index in [1.807, 2.05) is 6.07 Å². The van der Waals surface area contributed by atoms with Crippen LogP contribution in [0.25, 0.3) is 0 Å². The largest absolute Gasteiger partial charge is 0.376 e. The first-order valence-electron chi connectivity index (χ1n) is 8.30. The van der Waals surface area contributed by atoms with Crippen LogP contribution in [0, 0.1) is 17.2 Å². The minimum Gasteiger partial charge on any atom is -0.376 e. The van der Waals surface area contributed by atoms with Gasteiger partial charge in [-0.2, -0.15) is 5.26 Å². The van der Waals surface area contributed by atoms with Gasteiger partial charge in [0.25, 0.3) is 5.91 Å². The second-order valence-electron chi connectivity index (χ2n) is 6.56. The molecule has 23 heavy (non-hydrogen) atoms. The fraction of sp³-hybridized carbons (Fsp3) is 0.588. The number of hydrogen-bond acceptors (Lipinski definition) is 5. The molecule has 6 heteroatoms. The number of ether oxygens (including phenoxy) is 1. The van der Waals surface area contributed by atoms with E-state index in [-0.39, 0.29) is 18.1 Å². The van der Waals surface area contributed by atoms with Crippen LogP contribution in [-0.2, 0) is 4.74 Å². The van der Waals surface area contributed by atoms with Crippen molar-refractivity contribution >= 4 is 5.91 Å². The third-order valence-corrected chi connectivity index (χ3v) is 5.35. The summed E-state index contributed by atoms with van der Waals surface area (Å²) < 4.78 is 5.88. The Hall–Kier alpha value is -1.97. The second-order valence-corrected chi connectivity index (χ2v) is 6.56. The van der Waals surface area contributed by atoms with E-state index in [4.69, 9.17) is 10.00 Å². The summed E-state index contributed by atoms with van der Waals surface area (Å²) in [5.41, 5.74) is 0.830. The Kier molecular flexibility index (Phi) is 3.76.